The van der Waals surface area contributed by atoms with Gasteiger partial charge in [-0.15, -0.1) is 0 Å². The van der Waals surface area contributed by atoms with Crippen LogP contribution >= 0.6 is 11.6 Å². The standard InChI is InChI=1S/C27H24ClN3O3/c1-16-7-5-6-8-18(16)15-30-24-21-14-20(34-4)11-12-22(21)29(3)25(24)26(32)31(27(30)33)23-13-19(28)10-9-17(23)2/h5-14H,15H2,1-4H3. The van der Waals surface area contributed by atoms with E-state index in [0.29, 0.717) is 34.0 Å². The van der Waals surface area contributed by atoms with E-state index in [9.17, 15) is 9.59 Å². The molecule has 5 rings (SSSR count). The molecule has 172 valence electrons. The summed E-state index contributed by atoms with van der Waals surface area (Å²) in [6, 6.07) is 18.8. The van der Waals surface area contributed by atoms with Crippen LogP contribution in [0.2, 0.25) is 5.02 Å². The van der Waals surface area contributed by atoms with Crippen molar-refractivity contribution in [3.8, 4) is 11.4 Å². The second-order valence-corrected chi connectivity index (χ2v) is 8.94. The van der Waals surface area contributed by atoms with Gasteiger partial charge in [0.2, 0.25) is 0 Å². The third-order valence-corrected chi connectivity index (χ3v) is 6.71. The van der Waals surface area contributed by atoms with Crippen molar-refractivity contribution in [2.45, 2.75) is 20.4 Å². The fourth-order valence-electron chi connectivity index (χ4n) is 4.60. The molecule has 0 aliphatic rings. The Kier molecular flexibility index (Phi) is 5.33. The van der Waals surface area contributed by atoms with Crippen LogP contribution in [-0.4, -0.2) is 20.8 Å². The maximum atomic E-state index is 14.0. The lowest BCUT2D eigenvalue weighted by atomic mass is 10.1. The lowest BCUT2D eigenvalue weighted by molar-refractivity contribution is 0.415. The van der Waals surface area contributed by atoms with Gasteiger partial charge in [-0.2, -0.15) is 0 Å². The van der Waals surface area contributed by atoms with Crippen LogP contribution in [0.5, 0.6) is 5.75 Å². The van der Waals surface area contributed by atoms with Crippen molar-refractivity contribution in [1.82, 2.24) is 13.7 Å². The summed E-state index contributed by atoms with van der Waals surface area (Å²) < 4.78 is 10.2. The van der Waals surface area contributed by atoms with Gasteiger partial charge in [0.05, 0.1) is 30.4 Å². The zero-order valence-corrected chi connectivity index (χ0v) is 20.2. The van der Waals surface area contributed by atoms with E-state index in [2.05, 4.69) is 0 Å². The van der Waals surface area contributed by atoms with Crippen molar-refractivity contribution in [3.63, 3.8) is 0 Å². The van der Waals surface area contributed by atoms with Crippen LogP contribution in [-0.2, 0) is 13.6 Å². The van der Waals surface area contributed by atoms with Crippen LogP contribution in [0.3, 0.4) is 0 Å². The number of benzene rings is 3. The predicted octanol–water partition coefficient (Wildman–Crippen LogP) is 4.97. The van der Waals surface area contributed by atoms with Gasteiger partial charge in [-0.3, -0.25) is 9.36 Å². The summed E-state index contributed by atoms with van der Waals surface area (Å²) in [5, 5.41) is 1.24. The van der Waals surface area contributed by atoms with Crippen molar-refractivity contribution >= 4 is 33.5 Å². The minimum atomic E-state index is -0.415. The molecule has 0 radical (unpaired) electrons. The number of hydrogen-bond acceptors (Lipinski definition) is 3. The van der Waals surface area contributed by atoms with Gasteiger partial charge < -0.3 is 9.30 Å². The first-order valence-electron chi connectivity index (χ1n) is 10.9. The molecule has 3 aromatic carbocycles. The van der Waals surface area contributed by atoms with Gasteiger partial charge in [0, 0.05) is 17.5 Å². The van der Waals surface area contributed by atoms with Gasteiger partial charge in [-0.05, 0) is 60.9 Å². The average Bonchev–Trinajstić information content (AvgIpc) is 3.12. The highest BCUT2D eigenvalue weighted by Crippen LogP contribution is 2.30. The predicted molar refractivity (Wildman–Crippen MR) is 137 cm³/mol. The van der Waals surface area contributed by atoms with E-state index in [4.69, 9.17) is 16.3 Å². The Labute approximate surface area is 201 Å². The Bertz CT molecular complexity index is 1710. The Morgan fingerprint density at radius 2 is 1.68 bits per heavy atom. The zero-order valence-electron chi connectivity index (χ0n) is 19.4. The number of aryl methyl sites for hydroxylation is 3. The molecule has 7 heteroatoms. The summed E-state index contributed by atoms with van der Waals surface area (Å²) >= 11 is 6.27. The smallest absolute Gasteiger partial charge is 0.336 e. The SMILES string of the molecule is COc1ccc2c(c1)c1c(c(=O)n(-c3cc(Cl)ccc3C)c(=O)n1Cc1ccccc1C)n2C. The minimum Gasteiger partial charge on any atom is -0.497 e. The van der Waals surface area contributed by atoms with Crippen LogP contribution < -0.4 is 16.0 Å². The van der Waals surface area contributed by atoms with Gasteiger partial charge in [0.25, 0.3) is 5.56 Å². The second-order valence-electron chi connectivity index (χ2n) is 8.51. The largest absolute Gasteiger partial charge is 0.497 e. The number of nitrogens with zero attached hydrogens (tertiary/aromatic N) is 3. The zero-order chi connectivity index (χ0) is 24.1. The third kappa shape index (κ3) is 3.33. The molecule has 2 heterocycles. The van der Waals surface area contributed by atoms with E-state index in [-0.39, 0.29) is 5.56 Å². The summed E-state index contributed by atoms with van der Waals surface area (Å²) in [6.07, 6.45) is 0. The third-order valence-electron chi connectivity index (χ3n) is 6.48. The summed E-state index contributed by atoms with van der Waals surface area (Å²) in [5.41, 5.74) is 4.39. The van der Waals surface area contributed by atoms with Crippen LogP contribution in [0.15, 0.2) is 70.3 Å². The van der Waals surface area contributed by atoms with Crippen molar-refractivity contribution in [3.05, 3.63) is 103 Å². The highest BCUT2D eigenvalue weighted by Gasteiger charge is 2.22. The Hall–Kier alpha value is -3.77. The number of rotatable bonds is 4. The molecule has 0 N–H and O–H groups in total. The molecular weight excluding hydrogens is 450 g/mol. The summed E-state index contributed by atoms with van der Waals surface area (Å²) in [6.45, 7) is 4.19. The van der Waals surface area contributed by atoms with Gasteiger partial charge in [0.15, 0.2) is 0 Å². The van der Waals surface area contributed by atoms with Crippen molar-refractivity contribution in [2.75, 3.05) is 7.11 Å². The van der Waals surface area contributed by atoms with Crippen molar-refractivity contribution in [2.24, 2.45) is 7.05 Å². The van der Waals surface area contributed by atoms with Crippen LogP contribution in [0.1, 0.15) is 16.7 Å². The molecule has 0 saturated heterocycles. The molecule has 0 unspecified atom stereocenters. The molecule has 5 aromatic rings. The summed E-state index contributed by atoms with van der Waals surface area (Å²) in [5.74, 6) is 0.657. The first-order valence-corrected chi connectivity index (χ1v) is 11.3. The highest BCUT2D eigenvalue weighted by molar-refractivity contribution is 6.30. The topological polar surface area (TPSA) is 58.2 Å². The van der Waals surface area contributed by atoms with E-state index < -0.39 is 5.69 Å². The Morgan fingerprint density at radius 1 is 0.912 bits per heavy atom. The normalized spacial score (nSPS) is 11.4. The second kappa shape index (κ2) is 8.22. The molecule has 0 bridgehead atoms. The molecule has 0 amide bonds. The maximum absolute atomic E-state index is 14.0. The highest BCUT2D eigenvalue weighted by atomic mass is 35.5. The number of fused-ring (bicyclic) bond motifs is 3. The van der Waals surface area contributed by atoms with E-state index in [1.165, 1.54) is 4.57 Å². The number of halogens is 1. The average molecular weight is 474 g/mol. The van der Waals surface area contributed by atoms with Crippen molar-refractivity contribution < 1.29 is 4.74 Å². The fraction of sp³-hybridized carbons (Fsp3) is 0.185. The number of ether oxygens (including phenoxy) is 1. The van der Waals surface area contributed by atoms with Gasteiger partial charge in [-0.25, -0.2) is 9.36 Å². The van der Waals surface area contributed by atoms with E-state index in [1.807, 2.05) is 74.0 Å². The first kappa shape index (κ1) is 22.0. The van der Waals surface area contributed by atoms with Crippen LogP contribution in [0.25, 0.3) is 27.6 Å². The molecular formula is C27H24ClN3O3. The van der Waals surface area contributed by atoms with Crippen LogP contribution in [0.4, 0.5) is 0 Å². The Balaban J connectivity index is 1.98. The summed E-state index contributed by atoms with van der Waals surface area (Å²) in [4.78, 5) is 27.9. The summed E-state index contributed by atoms with van der Waals surface area (Å²) in [7, 11) is 3.44. The fourth-order valence-corrected chi connectivity index (χ4v) is 4.77. The maximum Gasteiger partial charge on any atom is 0.336 e. The molecule has 0 atom stereocenters. The van der Waals surface area contributed by atoms with Crippen molar-refractivity contribution in [1.29, 1.82) is 0 Å². The van der Waals surface area contributed by atoms with Gasteiger partial charge in [0.1, 0.15) is 11.3 Å². The number of methoxy groups -OCH3 is 1. The van der Waals surface area contributed by atoms with E-state index in [1.54, 1.807) is 23.8 Å². The molecule has 2 aromatic heterocycles. The monoisotopic (exact) mass is 473 g/mol. The molecule has 0 saturated carbocycles. The molecule has 0 spiro atoms. The van der Waals surface area contributed by atoms with Gasteiger partial charge in [-0.1, -0.05) is 41.9 Å². The molecule has 0 fully saturated rings. The van der Waals surface area contributed by atoms with E-state index in [0.717, 1.165) is 27.6 Å². The minimum absolute atomic E-state index is 0.318. The van der Waals surface area contributed by atoms with Gasteiger partial charge >= 0.3 is 5.69 Å². The lowest BCUT2D eigenvalue weighted by Gasteiger charge is -2.16. The number of hydrogen-bond donors (Lipinski definition) is 0. The first-order chi connectivity index (χ1) is 16.3. The van der Waals surface area contributed by atoms with Crippen LogP contribution in [0, 0.1) is 13.8 Å². The van der Waals surface area contributed by atoms with E-state index >= 15 is 0 Å². The Morgan fingerprint density at radius 3 is 2.41 bits per heavy atom. The lowest BCUT2D eigenvalue weighted by Crippen LogP contribution is -2.40. The molecule has 6 nitrogen and oxygen atoms in total. The molecule has 0 aliphatic carbocycles. The molecule has 34 heavy (non-hydrogen) atoms. The number of aromatic nitrogens is 3. The quantitative estimate of drug-likeness (QED) is 0.370. The molecule has 0 aliphatic heterocycles.